The lowest BCUT2D eigenvalue weighted by atomic mass is 9.95. The molecule has 5 heteroatoms. The molecule has 0 heterocycles. The van der Waals surface area contributed by atoms with Crippen molar-refractivity contribution < 1.29 is 19.7 Å². The molecule has 136 valence electrons. The molecule has 0 spiro atoms. The first-order valence-electron chi connectivity index (χ1n) is 8.95. The molecule has 0 fully saturated rings. The largest absolute Gasteiger partial charge is 0.511 e. The fourth-order valence-corrected chi connectivity index (χ4v) is 3.52. The number of phenols is 1. The van der Waals surface area contributed by atoms with E-state index in [1.54, 1.807) is 6.07 Å². The number of hydrogen-bond donors (Lipinski definition) is 2. The van der Waals surface area contributed by atoms with Gasteiger partial charge in [0.05, 0.1) is 0 Å². The topological polar surface area (TPSA) is 66.8 Å². The van der Waals surface area contributed by atoms with E-state index >= 15 is 0 Å². The van der Waals surface area contributed by atoms with E-state index in [9.17, 15) is 9.90 Å². The van der Waals surface area contributed by atoms with Gasteiger partial charge in [0.2, 0.25) is 0 Å². The highest BCUT2D eigenvalue weighted by Gasteiger charge is 2.19. The SMILES string of the molecule is CCCCCCc1c(Br)cc(OC(=O)O)c(O)c1CCCCCC. The first-order valence-corrected chi connectivity index (χ1v) is 9.74. The third-order valence-corrected chi connectivity index (χ3v) is 4.90. The Kier molecular flexibility index (Phi) is 9.84. The Bertz CT molecular complexity index is 529. The van der Waals surface area contributed by atoms with E-state index < -0.39 is 6.16 Å². The van der Waals surface area contributed by atoms with Crippen LogP contribution in [-0.4, -0.2) is 16.4 Å². The van der Waals surface area contributed by atoms with E-state index in [2.05, 4.69) is 29.8 Å². The third kappa shape index (κ3) is 6.71. The van der Waals surface area contributed by atoms with Crippen molar-refractivity contribution in [3.05, 3.63) is 21.7 Å². The maximum absolute atomic E-state index is 10.8. The van der Waals surface area contributed by atoms with E-state index in [1.165, 1.54) is 19.3 Å². The van der Waals surface area contributed by atoms with Gasteiger partial charge >= 0.3 is 6.16 Å². The van der Waals surface area contributed by atoms with Crippen LogP contribution in [0.5, 0.6) is 11.5 Å². The van der Waals surface area contributed by atoms with Crippen LogP contribution in [0.3, 0.4) is 0 Å². The lowest BCUT2D eigenvalue weighted by Gasteiger charge is -2.16. The van der Waals surface area contributed by atoms with E-state index in [0.29, 0.717) is 0 Å². The van der Waals surface area contributed by atoms with Crippen molar-refractivity contribution in [1.29, 1.82) is 0 Å². The molecule has 0 amide bonds. The Hall–Kier alpha value is -1.23. The highest BCUT2D eigenvalue weighted by Crippen LogP contribution is 2.39. The van der Waals surface area contributed by atoms with Crippen molar-refractivity contribution in [2.75, 3.05) is 0 Å². The van der Waals surface area contributed by atoms with Crippen LogP contribution in [0, 0.1) is 0 Å². The molecule has 24 heavy (non-hydrogen) atoms. The fraction of sp³-hybridized carbons (Fsp3) is 0.632. The summed E-state index contributed by atoms with van der Waals surface area (Å²) in [5.74, 6) is -0.0141. The quantitative estimate of drug-likeness (QED) is 0.254. The summed E-state index contributed by atoms with van der Waals surface area (Å²) in [6.45, 7) is 4.34. The number of aromatic hydroxyl groups is 1. The number of rotatable bonds is 11. The average Bonchev–Trinajstić information content (AvgIpc) is 2.53. The van der Waals surface area contributed by atoms with Crippen LogP contribution < -0.4 is 4.74 Å². The Labute approximate surface area is 153 Å². The second kappa shape index (κ2) is 11.3. The Morgan fingerprint density at radius 2 is 1.54 bits per heavy atom. The highest BCUT2D eigenvalue weighted by molar-refractivity contribution is 9.10. The van der Waals surface area contributed by atoms with Crippen LogP contribution in [0.15, 0.2) is 10.5 Å². The van der Waals surface area contributed by atoms with Crippen molar-refractivity contribution in [2.24, 2.45) is 0 Å². The van der Waals surface area contributed by atoms with E-state index in [-0.39, 0.29) is 11.5 Å². The van der Waals surface area contributed by atoms with Crippen LogP contribution in [0.25, 0.3) is 0 Å². The summed E-state index contributed by atoms with van der Waals surface area (Å²) in [5.41, 5.74) is 1.91. The van der Waals surface area contributed by atoms with Gasteiger partial charge in [-0.3, -0.25) is 0 Å². The van der Waals surface area contributed by atoms with Crippen LogP contribution in [0.1, 0.15) is 76.3 Å². The number of halogens is 1. The molecule has 1 aromatic carbocycles. The van der Waals surface area contributed by atoms with Crippen molar-refractivity contribution in [3.8, 4) is 11.5 Å². The number of hydrogen-bond acceptors (Lipinski definition) is 3. The van der Waals surface area contributed by atoms with Crippen LogP contribution >= 0.6 is 15.9 Å². The summed E-state index contributed by atoms with van der Waals surface area (Å²) in [6, 6.07) is 1.56. The fourth-order valence-electron chi connectivity index (χ4n) is 2.87. The molecule has 0 saturated heterocycles. The van der Waals surface area contributed by atoms with Gasteiger partial charge in [0.25, 0.3) is 0 Å². The van der Waals surface area contributed by atoms with Crippen molar-refractivity contribution in [2.45, 2.75) is 78.1 Å². The zero-order valence-corrected chi connectivity index (χ0v) is 16.3. The monoisotopic (exact) mass is 400 g/mol. The molecule has 1 rings (SSSR count). The lowest BCUT2D eigenvalue weighted by Crippen LogP contribution is -2.06. The molecule has 0 aliphatic carbocycles. The Morgan fingerprint density at radius 3 is 2.04 bits per heavy atom. The summed E-state index contributed by atoms with van der Waals surface area (Å²) < 4.78 is 5.55. The third-order valence-electron chi connectivity index (χ3n) is 4.19. The summed E-state index contributed by atoms with van der Waals surface area (Å²) in [5, 5.41) is 19.3. The molecule has 0 aliphatic rings. The van der Waals surface area contributed by atoms with Crippen LogP contribution in [0.4, 0.5) is 4.79 Å². The van der Waals surface area contributed by atoms with Gasteiger partial charge in [0, 0.05) is 10.0 Å². The van der Waals surface area contributed by atoms with Gasteiger partial charge in [-0.1, -0.05) is 68.3 Å². The zero-order valence-electron chi connectivity index (χ0n) is 14.7. The summed E-state index contributed by atoms with van der Waals surface area (Å²) >= 11 is 3.53. The molecule has 0 atom stereocenters. The second-order valence-electron chi connectivity index (χ2n) is 6.15. The molecule has 0 saturated carbocycles. The smallest absolute Gasteiger partial charge is 0.504 e. The number of phenolic OH excluding ortho intramolecular Hbond substituents is 1. The minimum atomic E-state index is -1.41. The van der Waals surface area contributed by atoms with E-state index in [1.807, 2.05) is 0 Å². The Balaban J connectivity index is 2.99. The normalized spacial score (nSPS) is 10.8. The first-order chi connectivity index (χ1) is 11.5. The molecule has 4 nitrogen and oxygen atoms in total. The molecule has 0 aromatic heterocycles. The van der Waals surface area contributed by atoms with E-state index in [0.717, 1.165) is 60.5 Å². The molecule has 1 aromatic rings. The maximum Gasteiger partial charge on any atom is 0.511 e. The molecule has 0 bridgehead atoms. The highest BCUT2D eigenvalue weighted by atomic mass is 79.9. The van der Waals surface area contributed by atoms with Gasteiger partial charge in [0.15, 0.2) is 11.5 Å². The first kappa shape index (κ1) is 20.8. The van der Waals surface area contributed by atoms with Gasteiger partial charge in [0.1, 0.15) is 0 Å². The number of benzene rings is 1. The minimum absolute atomic E-state index is 0.0113. The summed E-state index contributed by atoms with van der Waals surface area (Å²) in [6.07, 6.45) is 9.22. The molecular weight excluding hydrogens is 372 g/mol. The molecular formula is C19H29BrO4. The average molecular weight is 401 g/mol. The minimum Gasteiger partial charge on any atom is -0.504 e. The van der Waals surface area contributed by atoms with Gasteiger partial charge in [-0.15, -0.1) is 0 Å². The predicted molar refractivity (Wildman–Crippen MR) is 100 cm³/mol. The van der Waals surface area contributed by atoms with Gasteiger partial charge < -0.3 is 14.9 Å². The number of carbonyl (C=O) groups is 1. The number of carboxylic acid groups (broad SMARTS) is 1. The number of unbranched alkanes of at least 4 members (excludes halogenated alkanes) is 6. The molecule has 0 unspecified atom stereocenters. The van der Waals surface area contributed by atoms with Crippen molar-refractivity contribution in [1.82, 2.24) is 0 Å². The number of ether oxygens (including phenoxy) is 1. The zero-order chi connectivity index (χ0) is 17.9. The van der Waals surface area contributed by atoms with Crippen molar-refractivity contribution in [3.63, 3.8) is 0 Å². The summed E-state index contributed by atoms with van der Waals surface area (Å²) in [7, 11) is 0. The van der Waals surface area contributed by atoms with Gasteiger partial charge in [-0.25, -0.2) is 4.79 Å². The van der Waals surface area contributed by atoms with Gasteiger partial charge in [-0.05, 0) is 37.3 Å². The van der Waals surface area contributed by atoms with Crippen LogP contribution in [0.2, 0.25) is 0 Å². The standard InChI is InChI=1S/C19H29BrO4/c1-3-5-7-9-11-14-15(12-10-8-6-4-2)18(21)17(13-16(14)20)24-19(22)23/h13,21H,3-12H2,1-2H3,(H,22,23). The van der Waals surface area contributed by atoms with Crippen LogP contribution in [-0.2, 0) is 12.8 Å². The molecule has 0 aliphatic heterocycles. The second-order valence-corrected chi connectivity index (χ2v) is 7.01. The Morgan fingerprint density at radius 1 is 1.00 bits per heavy atom. The summed E-state index contributed by atoms with van der Waals surface area (Å²) in [4.78, 5) is 10.8. The van der Waals surface area contributed by atoms with E-state index in [4.69, 9.17) is 9.84 Å². The lowest BCUT2D eigenvalue weighted by molar-refractivity contribution is 0.142. The van der Waals surface area contributed by atoms with Gasteiger partial charge in [-0.2, -0.15) is 0 Å². The molecule has 2 N–H and O–H groups in total. The van der Waals surface area contributed by atoms with Crippen molar-refractivity contribution >= 4 is 22.1 Å². The predicted octanol–water partition coefficient (Wildman–Crippen LogP) is 6.46. The molecule has 0 radical (unpaired) electrons. The maximum atomic E-state index is 10.8.